The van der Waals surface area contributed by atoms with Gasteiger partial charge in [0.05, 0.1) is 24.8 Å². The lowest BCUT2D eigenvalue weighted by Crippen LogP contribution is -2.71. The molecule has 6 heteroatoms. The first kappa shape index (κ1) is 23.2. The van der Waals surface area contributed by atoms with E-state index in [2.05, 4.69) is 42.6 Å². The summed E-state index contributed by atoms with van der Waals surface area (Å²) < 4.78 is 5.35. The molecule has 2 atom stereocenters. The molecular weight excluding hydrogens is 404 g/mol. The topological polar surface area (TPSA) is 78.9 Å². The molecule has 32 heavy (non-hydrogen) atoms. The molecule has 2 saturated heterocycles. The van der Waals surface area contributed by atoms with Crippen LogP contribution in [0.1, 0.15) is 71.2 Å². The standard InChI is InChI=1S/C13H20N2O4.C13H18.H2/c16-6-10-13(8-19-7-11(17)14-13)4-1-5-15(10)12(18)9-2-3-9;1-11-7-9-13(10-8-11)12-5-3-2-4-6-12;/h9-10,16H,1-8H2,(H,14,17);2-6,11,13H,7-10H2,1H3;1H/t10-,13+;;/m1../s1. The molecule has 0 radical (unpaired) electrons. The minimum atomic E-state index is -0.604. The van der Waals surface area contributed by atoms with Crippen molar-refractivity contribution < 1.29 is 20.9 Å². The van der Waals surface area contributed by atoms with Crippen molar-refractivity contribution >= 4 is 11.8 Å². The maximum atomic E-state index is 12.3. The highest BCUT2D eigenvalue weighted by atomic mass is 16.5. The number of nitrogens with one attached hydrogen (secondary N) is 1. The molecule has 4 fully saturated rings. The van der Waals surface area contributed by atoms with Gasteiger partial charge in [0.25, 0.3) is 0 Å². The van der Waals surface area contributed by atoms with Gasteiger partial charge < -0.3 is 20.1 Å². The summed E-state index contributed by atoms with van der Waals surface area (Å²) in [5.74, 6) is 1.89. The number of morpholine rings is 1. The van der Waals surface area contributed by atoms with Gasteiger partial charge in [0.15, 0.2) is 0 Å². The van der Waals surface area contributed by atoms with Gasteiger partial charge in [-0.3, -0.25) is 9.59 Å². The zero-order valence-corrected chi connectivity index (χ0v) is 19.3. The lowest BCUT2D eigenvalue weighted by atomic mass is 9.79. The number of amides is 2. The van der Waals surface area contributed by atoms with E-state index in [1.165, 1.54) is 25.7 Å². The first-order chi connectivity index (χ1) is 15.5. The normalized spacial score (nSPS) is 32.6. The fourth-order valence-electron chi connectivity index (χ4n) is 5.60. The number of carbonyl (C=O) groups is 2. The van der Waals surface area contributed by atoms with E-state index in [1.54, 1.807) is 10.5 Å². The number of aliphatic hydroxyl groups is 1. The van der Waals surface area contributed by atoms with E-state index in [1.807, 2.05) is 0 Å². The van der Waals surface area contributed by atoms with Crippen molar-refractivity contribution in [2.24, 2.45) is 11.8 Å². The number of hydrogen-bond acceptors (Lipinski definition) is 4. The van der Waals surface area contributed by atoms with Crippen molar-refractivity contribution in [2.45, 2.75) is 75.8 Å². The van der Waals surface area contributed by atoms with Crippen molar-refractivity contribution in [2.75, 3.05) is 26.4 Å². The monoisotopic (exact) mass is 444 g/mol. The third kappa shape index (κ3) is 5.34. The number of likely N-dealkylation sites (tertiary alicyclic amines) is 1. The Kier molecular flexibility index (Phi) is 7.51. The van der Waals surface area contributed by atoms with Crippen LogP contribution in [0.4, 0.5) is 0 Å². The minimum absolute atomic E-state index is 0. The predicted molar refractivity (Wildman–Crippen MR) is 125 cm³/mol. The summed E-state index contributed by atoms with van der Waals surface area (Å²) in [6.45, 7) is 3.34. The zero-order valence-electron chi connectivity index (χ0n) is 19.3. The quantitative estimate of drug-likeness (QED) is 0.748. The molecule has 0 bridgehead atoms. The summed E-state index contributed by atoms with van der Waals surface area (Å²) in [4.78, 5) is 25.7. The second-order valence-corrected chi connectivity index (χ2v) is 10.2. The Morgan fingerprint density at radius 2 is 1.91 bits per heavy atom. The molecule has 178 valence electrons. The molecule has 6 nitrogen and oxygen atoms in total. The Morgan fingerprint density at radius 1 is 1.19 bits per heavy atom. The van der Waals surface area contributed by atoms with Crippen LogP contribution in [0.25, 0.3) is 0 Å². The Morgan fingerprint density at radius 3 is 2.53 bits per heavy atom. The molecule has 2 aliphatic heterocycles. The van der Waals surface area contributed by atoms with Gasteiger partial charge in [-0.1, -0.05) is 50.1 Å². The zero-order chi connectivity index (χ0) is 22.6. The van der Waals surface area contributed by atoms with Gasteiger partial charge in [0.2, 0.25) is 11.8 Å². The Labute approximate surface area is 193 Å². The second-order valence-electron chi connectivity index (χ2n) is 10.2. The number of hydrogen-bond donors (Lipinski definition) is 2. The molecule has 2 N–H and O–H groups in total. The molecule has 0 aromatic heterocycles. The molecular formula is C26H40N2O4. The van der Waals surface area contributed by atoms with Crippen LogP contribution in [0.2, 0.25) is 0 Å². The fourth-order valence-corrected chi connectivity index (χ4v) is 5.60. The molecule has 1 aromatic rings. The van der Waals surface area contributed by atoms with Crippen molar-refractivity contribution in [3.05, 3.63) is 35.9 Å². The fraction of sp³-hybridized carbons (Fsp3) is 0.692. The van der Waals surface area contributed by atoms with Crippen LogP contribution >= 0.6 is 0 Å². The highest BCUT2D eigenvalue weighted by molar-refractivity contribution is 5.82. The molecule has 4 aliphatic rings. The largest absolute Gasteiger partial charge is 0.394 e. The second kappa shape index (κ2) is 10.3. The number of aliphatic hydroxyl groups excluding tert-OH is 1. The van der Waals surface area contributed by atoms with Crippen LogP contribution in [0.5, 0.6) is 0 Å². The first-order valence-electron chi connectivity index (χ1n) is 12.4. The number of nitrogens with zero attached hydrogens (tertiary/aromatic N) is 1. The van der Waals surface area contributed by atoms with Crippen LogP contribution < -0.4 is 5.32 Å². The summed E-state index contributed by atoms with van der Waals surface area (Å²) in [5.41, 5.74) is 0.946. The Balaban J connectivity index is 0.000000192. The molecule has 5 rings (SSSR count). The van der Waals surface area contributed by atoms with Gasteiger partial charge in [-0.2, -0.15) is 0 Å². The van der Waals surface area contributed by atoms with E-state index < -0.39 is 5.54 Å². The van der Waals surface area contributed by atoms with E-state index in [4.69, 9.17) is 4.74 Å². The Bertz CT molecular complexity index is 776. The van der Waals surface area contributed by atoms with Crippen LogP contribution in [-0.4, -0.2) is 59.8 Å². The van der Waals surface area contributed by atoms with Crippen molar-refractivity contribution in [3.63, 3.8) is 0 Å². The highest BCUT2D eigenvalue weighted by Crippen LogP contribution is 2.37. The molecule has 1 spiro atoms. The average Bonchev–Trinajstić information content (AvgIpc) is 3.65. The van der Waals surface area contributed by atoms with E-state index in [0.29, 0.717) is 13.2 Å². The number of carbonyl (C=O) groups excluding carboxylic acids is 2. The maximum Gasteiger partial charge on any atom is 0.246 e. The molecule has 2 amide bonds. The van der Waals surface area contributed by atoms with Gasteiger partial charge >= 0.3 is 0 Å². The predicted octanol–water partition coefficient (Wildman–Crippen LogP) is 3.49. The van der Waals surface area contributed by atoms with Gasteiger partial charge in [-0.25, -0.2) is 0 Å². The highest BCUT2D eigenvalue weighted by Gasteiger charge is 2.50. The molecule has 2 saturated carbocycles. The third-order valence-electron chi connectivity index (χ3n) is 7.69. The van der Waals surface area contributed by atoms with E-state index in [-0.39, 0.29) is 38.4 Å². The van der Waals surface area contributed by atoms with Crippen molar-refractivity contribution in [3.8, 4) is 0 Å². The van der Waals surface area contributed by atoms with Crippen LogP contribution in [0, 0.1) is 11.8 Å². The maximum absolute atomic E-state index is 12.3. The summed E-state index contributed by atoms with van der Waals surface area (Å²) in [5, 5.41) is 12.7. The van der Waals surface area contributed by atoms with Gasteiger partial charge in [-0.05, 0) is 55.9 Å². The number of benzene rings is 1. The van der Waals surface area contributed by atoms with Gasteiger partial charge in [0.1, 0.15) is 6.61 Å². The van der Waals surface area contributed by atoms with Gasteiger partial charge in [0, 0.05) is 13.9 Å². The van der Waals surface area contributed by atoms with Crippen LogP contribution in [-0.2, 0) is 14.3 Å². The Hall–Kier alpha value is -1.92. The van der Waals surface area contributed by atoms with E-state index >= 15 is 0 Å². The first-order valence-corrected chi connectivity index (χ1v) is 12.4. The third-order valence-corrected chi connectivity index (χ3v) is 7.69. The molecule has 2 heterocycles. The summed E-state index contributed by atoms with van der Waals surface area (Å²) in [6, 6.07) is 10.6. The van der Waals surface area contributed by atoms with Gasteiger partial charge in [-0.15, -0.1) is 0 Å². The lowest BCUT2D eigenvalue weighted by molar-refractivity contribution is -0.153. The summed E-state index contributed by atoms with van der Waals surface area (Å²) >= 11 is 0. The minimum Gasteiger partial charge on any atom is -0.394 e. The van der Waals surface area contributed by atoms with Crippen molar-refractivity contribution in [1.82, 2.24) is 10.2 Å². The molecule has 0 unspecified atom stereocenters. The smallest absolute Gasteiger partial charge is 0.246 e. The molecule has 1 aromatic carbocycles. The van der Waals surface area contributed by atoms with Crippen molar-refractivity contribution in [1.29, 1.82) is 0 Å². The van der Waals surface area contributed by atoms with Crippen LogP contribution in [0.15, 0.2) is 30.3 Å². The number of piperidine rings is 1. The summed E-state index contributed by atoms with van der Waals surface area (Å²) in [6.07, 6.45) is 9.10. The van der Waals surface area contributed by atoms with E-state index in [9.17, 15) is 14.7 Å². The summed E-state index contributed by atoms with van der Waals surface area (Å²) in [7, 11) is 0. The average molecular weight is 445 g/mol. The number of rotatable bonds is 3. The molecule has 2 aliphatic carbocycles. The number of ether oxygens (including phenoxy) is 1. The van der Waals surface area contributed by atoms with E-state index in [0.717, 1.165) is 37.5 Å². The lowest BCUT2D eigenvalue weighted by Gasteiger charge is -2.51. The van der Waals surface area contributed by atoms with Crippen LogP contribution in [0.3, 0.4) is 0 Å². The SMILES string of the molecule is CC1CCC(c2ccccc2)CC1.O=C1COC[C@]2(CCCN(C(=O)C3CC3)[C@@H]2CO)N1.[HH].